The van der Waals surface area contributed by atoms with E-state index in [2.05, 4.69) is 15.0 Å². The van der Waals surface area contributed by atoms with Crippen LogP contribution in [0.15, 0.2) is 41.4 Å². The fraction of sp³-hybridized carbons (Fsp3) is 0.250. The third-order valence-electron chi connectivity index (χ3n) is 3.43. The maximum atomic E-state index is 12.3. The van der Waals surface area contributed by atoms with Gasteiger partial charge in [-0.2, -0.15) is 5.26 Å². The number of carbonyl (C=O) groups excluding carboxylic acids is 2. The molecule has 0 radical (unpaired) electrons. The minimum absolute atomic E-state index is 0.320. The number of hydrogen-bond donors (Lipinski definition) is 2. The van der Waals surface area contributed by atoms with Gasteiger partial charge in [-0.15, -0.1) is 0 Å². The summed E-state index contributed by atoms with van der Waals surface area (Å²) in [5.74, 6) is -1.23. The predicted octanol–water partition coefficient (Wildman–Crippen LogP) is 0.0443. The first-order chi connectivity index (χ1) is 11.0. The first-order valence-corrected chi connectivity index (χ1v) is 6.80. The third kappa shape index (κ3) is 3.44. The fourth-order valence-electron chi connectivity index (χ4n) is 2.22. The van der Waals surface area contributed by atoms with E-state index in [1.165, 1.54) is 31.5 Å². The summed E-state index contributed by atoms with van der Waals surface area (Å²) in [6.07, 6.45) is 4.34. The Labute approximate surface area is 132 Å². The summed E-state index contributed by atoms with van der Waals surface area (Å²) in [4.78, 5) is 27.4. The van der Waals surface area contributed by atoms with Crippen LogP contribution in [0.5, 0.6) is 0 Å². The van der Waals surface area contributed by atoms with Gasteiger partial charge in [-0.1, -0.05) is 12.1 Å². The maximum absolute atomic E-state index is 12.3. The number of aliphatic hydroxyl groups is 1. The minimum atomic E-state index is -1.71. The molecule has 0 bridgehead atoms. The summed E-state index contributed by atoms with van der Waals surface area (Å²) in [5.41, 5.74) is -0.989. The Morgan fingerprint density at radius 2 is 2.30 bits per heavy atom. The van der Waals surface area contributed by atoms with Gasteiger partial charge in [-0.05, 0) is 29.8 Å². The highest BCUT2D eigenvalue weighted by Crippen LogP contribution is 2.31. The molecule has 118 valence electrons. The van der Waals surface area contributed by atoms with Gasteiger partial charge in [0, 0.05) is 6.21 Å². The van der Waals surface area contributed by atoms with E-state index in [1.54, 1.807) is 18.2 Å². The van der Waals surface area contributed by atoms with Crippen LogP contribution in [0.3, 0.4) is 0 Å². The first-order valence-electron chi connectivity index (χ1n) is 6.80. The van der Waals surface area contributed by atoms with Gasteiger partial charge in [-0.3, -0.25) is 14.6 Å². The molecule has 2 rings (SSSR count). The van der Waals surface area contributed by atoms with Crippen LogP contribution in [0, 0.1) is 11.3 Å². The summed E-state index contributed by atoms with van der Waals surface area (Å²) in [6, 6.07) is 7.11. The lowest BCUT2D eigenvalue weighted by atomic mass is 9.83. The Kier molecular flexibility index (Phi) is 4.88. The van der Waals surface area contributed by atoms with E-state index in [-0.39, 0.29) is 6.54 Å². The van der Waals surface area contributed by atoms with Crippen molar-refractivity contribution in [2.24, 2.45) is 4.99 Å². The van der Waals surface area contributed by atoms with Crippen molar-refractivity contribution in [3.05, 3.63) is 47.5 Å². The number of aliphatic imine (C=N–C) groups is 1. The number of benzene rings is 1. The van der Waals surface area contributed by atoms with Crippen molar-refractivity contribution < 1.29 is 19.4 Å². The summed E-state index contributed by atoms with van der Waals surface area (Å²) in [6.45, 7) is -0.320. The lowest BCUT2D eigenvalue weighted by Gasteiger charge is -2.32. The summed E-state index contributed by atoms with van der Waals surface area (Å²) in [7, 11) is 1.21. The van der Waals surface area contributed by atoms with Crippen LogP contribution in [0.2, 0.25) is 0 Å². The molecule has 23 heavy (non-hydrogen) atoms. The van der Waals surface area contributed by atoms with Gasteiger partial charge in [0.15, 0.2) is 6.04 Å². The zero-order valence-electron chi connectivity index (χ0n) is 12.4. The van der Waals surface area contributed by atoms with Gasteiger partial charge in [0.1, 0.15) is 12.1 Å². The number of ether oxygens (including phenoxy) is 1. The van der Waals surface area contributed by atoms with Crippen molar-refractivity contribution in [2.45, 2.75) is 11.6 Å². The molecule has 0 fully saturated rings. The van der Waals surface area contributed by atoms with E-state index in [4.69, 9.17) is 5.26 Å². The zero-order valence-corrected chi connectivity index (χ0v) is 12.4. The van der Waals surface area contributed by atoms with Crippen molar-refractivity contribution in [2.75, 3.05) is 13.7 Å². The van der Waals surface area contributed by atoms with Crippen molar-refractivity contribution in [3.63, 3.8) is 0 Å². The summed E-state index contributed by atoms with van der Waals surface area (Å²) >= 11 is 0. The Morgan fingerprint density at radius 1 is 1.52 bits per heavy atom. The second-order valence-electron chi connectivity index (χ2n) is 4.87. The van der Waals surface area contributed by atoms with E-state index >= 15 is 0 Å². The second-order valence-corrected chi connectivity index (χ2v) is 4.87. The van der Waals surface area contributed by atoms with Crippen LogP contribution in [-0.2, 0) is 19.9 Å². The average molecular weight is 313 g/mol. The molecule has 1 aromatic carbocycles. The molecule has 2 unspecified atom stereocenters. The van der Waals surface area contributed by atoms with Gasteiger partial charge in [0.25, 0.3) is 0 Å². The number of rotatable bonds is 4. The predicted molar refractivity (Wildman–Crippen MR) is 81.5 cm³/mol. The van der Waals surface area contributed by atoms with Gasteiger partial charge in [0.2, 0.25) is 5.91 Å². The van der Waals surface area contributed by atoms with E-state index in [9.17, 15) is 14.7 Å². The van der Waals surface area contributed by atoms with Gasteiger partial charge >= 0.3 is 5.97 Å². The van der Waals surface area contributed by atoms with Gasteiger partial charge < -0.3 is 15.2 Å². The van der Waals surface area contributed by atoms with Gasteiger partial charge in [-0.25, -0.2) is 0 Å². The molecule has 0 saturated heterocycles. The lowest BCUT2D eigenvalue weighted by Crippen LogP contribution is -2.49. The quantitative estimate of drug-likeness (QED) is 0.763. The highest BCUT2D eigenvalue weighted by Gasteiger charge is 2.42. The second kappa shape index (κ2) is 6.85. The van der Waals surface area contributed by atoms with Crippen LogP contribution >= 0.6 is 0 Å². The number of dihydropyridines is 1. The number of allylic oxidation sites excluding steroid dienone is 1. The standard InChI is InChI=1S/C16H15N3O4/c1-23-13(20)10-19-15(21)14-16(22,6-3-7-18-14)12-5-2-4-11(8-12)9-17/h2-8,14,22H,10H2,1H3,(H,19,21). The van der Waals surface area contributed by atoms with Crippen LogP contribution in [-0.4, -0.2) is 42.9 Å². The molecule has 0 aromatic heterocycles. The van der Waals surface area contributed by atoms with Crippen molar-refractivity contribution in [3.8, 4) is 6.07 Å². The maximum Gasteiger partial charge on any atom is 0.325 e. The monoisotopic (exact) mass is 313 g/mol. The molecule has 2 atom stereocenters. The van der Waals surface area contributed by atoms with Crippen LogP contribution in [0.25, 0.3) is 0 Å². The summed E-state index contributed by atoms with van der Waals surface area (Å²) in [5, 5.41) is 22.3. The smallest absolute Gasteiger partial charge is 0.325 e. The van der Waals surface area contributed by atoms with E-state index in [0.29, 0.717) is 11.1 Å². The molecule has 0 aliphatic carbocycles. The molecule has 0 saturated carbocycles. The average Bonchev–Trinajstić information content (AvgIpc) is 2.59. The Hall–Kier alpha value is -2.98. The molecule has 1 amide bonds. The van der Waals surface area contributed by atoms with Crippen LogP contribution in [0.4, 0.5) is 0 Å². The Bertz CT molecular complexity index is 720. The number of esters is 1. The van der Waals surface area contributed by atoms with Crippen LogP contribution < -0.4 is 5.32 Å². The van der Waals surface area contributed by atoms with Crippen molar-refractivity contribution in [1.29, 1.82) is 5.26 Å². The number of amides is 1. The third-order valence-corrected chi connectivity index (χ3v) is 3.43. The summed E-state index contributed by atoms with van der Waals surface area (Å²) < 4.78 is 4.45. The van der Waals surface area contributed by atoms with Crippen molar-refractivity contribution in [1.82, 2.24) is 5.32 Å². The first kappa shape index (κ1) is 16.4. The molecule has 1 aliphatic rings. The number of nitriles is 1. The molecular formula is C16H15N3O4. The Morgan fingerprint density at radius 3 is 3.00 bits per heavy atom. The molecule has 7 nitrogen and oxygen atoms in total. The molecule has 7 heteroatoms. The SMILES string of the molecule is COC(=O)CNC(=O)C1N=CC=CC1(O)c1cccc(C#N)c1. The van der Waals surface area contributed by atoms with Crippen molar-refractivity contribution >= 4 is 18.1 Å². The normalized spacial score (nSPS) is 22.2. The molecule has 1 aromatic rings. The molecule has 1 aliphatic heterocycles. The van der Waals surface area contributed by atoms with Crippen LogP contribution in [0.1, 0.15) is 11.1 Å². The zero-order chi connectivity index (χ0) is 16.9. The van der Waals surface area contributed by atoms with E-state index in [0.717, 1.165) is 0 Å². The topological polar surface area (TPSA) is 112 Å². The Balaban J connectivity index is 2.29. The number of carbonyl (C=O) groups is 2. The number of hydrogen-bond acceptors (Lipinski definition) is 6. The highest BCUT2D eigenvalue weighted by molar-refractivity contribution is 5.90. The lowest BCUT2D eigenvalue weighted by molar-refractivity contribution is -0.142. The molecular weight excluding hydrogens is 298 g/mol. The number of nitrogens with one attached hydrogen (secondary N) is 1. The van der Waals surface area contributed by atoms with E-state index < -0.39 is 23.5 Å². The molecule has 2 N–H and O–H groups in total. The fourth-order valence-corrected chi connectivity index (χ4v) is 2.22. The minimum Gasteiger partial charge on any atom is -0.468 e. The molecule has 0 spiro atoms. The molecule has 1 heterocycles. The highest BCUT2D eigenvalue weighted by atomic mass is 16.5. The number of methoxy groups -OCH3 is 1. The number of nitrogens with zero attached hydrogens (tertiary/aromatic N) is 2. The van der Waals surface area contributed by atoms with Gasteiger partial charge in [0.05, 0.1) is 18.7 Å². The van der Waals surface area contributed by atoms with E-state index in [1.807, 2.05) is 6.07 Å². The largest absolute Gasteiger partial charge is 0.468 e.